The lowest BCUT2D eigenvalue weighted by Gasteiger charge is -2.17. The van der Waals surface area contributed by atoms with Crippen molar-refractivity contribution in [1.82, 2.24) is 5.32 Å². The highest BCUT2D eigenvalue weighted by molar-refractivity contribution is 5.74. The van der Waals surface area contributed by atoms with Crippen molar-refractivity contribution in [1.29, 1.82) is 0 Å². The lowest BCUT2D eigenvalue weighted by Crippen LogP contribution is -2.29. The zero-order valence-corrected chi connectivity index (χ0v) is 11.3. The van der Waals surface area contributed by atoms with Crippen LogP contribution in [-0.2, 0) is 19.1 Å². The molecule has 6 nitrogen and oxygen atoms in total. The SMILES string of the molecule is CNC(CCCOC(C)=O)CCC(O)C(=O)OC. The van der Waals surface area contributed by atoms with E-state index in [2.05, 4.69) is 10.1 Å². The van der Waals surface area contributed by atoms with Crippen LogP contribution in [0.3, 0.4) is 0 Å². The number of aliphatic hydroxyl groups excluding tert-OH is 1. The van der Waals surface area contributed by atoms with Gasteiger partial charge >= 0.3 is 11.9 Å². The van der Waals surface area contributed by atoms with Gasteiger partial charge in [-0.1, -0.05) is 0 Å². The highest BCUT2D eigenvalue weighted by atomic mass is 16.5. The van der Waals surface area contributed by atoms with Crippen LogP contribution < -0.4 is 5.32 Å². The van der Waals surface area contributed by atoms with E-state index in [0.717, 1.165) is 12.8 Å². The molecule has 0 saturated carbocycles. The molecule has 0 amide bonds. The largest absolute Gasteiger partial charge is 0.467 e. The lowest BCUT2D eigenvalue weighted by atomic mass is 10.0. The molecule has 0 aliphatic heterocycles. The molecule has 106 valence electrons. The zero-order valence-electron chi connectivity index (χ0n) is 11.3. The quantitative estimate of drug-likeness (QED) is 0.456. The minimum Gasteiger partial charge on any atom is -0.467 e. The van der Waals surface area contributed by atoms with Crippen LogP contribution in [0.25, 0.3) is 0 Å². The normalized spacial score (nSPS) is 13.8. The predicted octanol–water partition coefficient (Wildman–Crippen LogP) is 0.232. The van der Waals surface area contributed by atoms with Crippen molar-refractivity contribution >= 4 is 11.9 Å². The number of nitrogens with one attached hydrogen (secondary N) is 1. The summed E-state index contributed by atoms with van der Waals surface area (Å²) in [6.45, 7) is 1.77. The Labute approximate surface area is 108 Å². The molecule has 0 aromatic carbocycles. The van der Waals surface area contributed by atoms with Crippen LogP contribution in [0.1, 0.15) is 32.6 Å². The van der Waals surface area contributed by atoms with Gasteiger partial charge in [-0.2, -0.15) is 0 Å². The van der Waals surface area contributed by atoms with Crippen molar-refractivity contribution in [2.75, 3.05) is 20.8 Å². The van der Waals surface area contributed by atoms with Crippen molar-refractivity contribution < 1.29 is 24.2 Å². The third kappa shape index (κ3) is 8.03. The second-order valence-electron chi connectivity index (χ2n) is 4.08. The van der Waals surface area contributed by atoms with Crippen LogP contribution in [-0.4, -0.2) is 50.0 Å². The smallest absolute Gasteiger partial charge is 0.334 e. The summed E-state index contributed by atoms with van der Waals surface area (Å²) < 4.78 is 9.26. The van der Waals surface area contributed by atoms with E-state index in [1.54, 1.807) is 0 Å². The third-order valence-corrected chi connectivity index (χ3v) is 2.67. The Morgan fingerprint density at radius 2 is 1.94 bits per heavy atom. The van der Waals surface area contributed by atoms with Crippen LogP contribution in [0.2, 0.25) is 0 Å². The maximum absolute atomic E-state index is 11.0. The zero-order chi connectivity index (χ0) is 14.0. The molecule has 0 fully saturated rings. The third-order valence-electron chi connectivity index (χ3n) is 2.67. The number of carbonyl (C=O) groups is 2. The molecular weight excluding hydrogens is 238 g/mol. The van der Waals surface area contributed by atoms with Crippen molar-refractivity contribution in [2.45, 2.75) is 44.8 Å². The molecule has 0 aromatic heterocycles. The summed E-state index contributed by atoms with van der Waals surface area (Å²) >= 11 is 0. The summed E-state index contributed by atoms with van der Waals surface area (Å²) in [5, 5.41) is 12.5. The minimum absolute atomic E-state index is 0.180. The van der Waals surface area contributed by atoms with Gasteiger partial charge in [0, 0.05) is 13.0 Å². The molecule has 0 aliphatic rings. The van der Waals surface area contributed by atoms with Gasteiger partial charge in [-0.05, 0) is 32.7 Å². The van der Waals surface area contributed by atoms with Crippen LogP contribution in [0.5, 0.6) is 0 Å². The van der Waals surface area contributed by atoms with Crippen molar-refractivity contribution in [3.63, 3.8) is 0 Å². The van der Waals surface area contributed by atoms with E-state index in [1.807, 2.05) is 7.05 Å². The number of methoxy groups -OCH3 is 1. The van der Waals surface area contributed by atoms with Crippen LogP contribution in [0.4, 0.5) is 0 Å². The Bertz CT molecular complexity index is 257. The fourth-order valence-corrected chi connectivity index (χ4v) is 1.59. The van der Waals surface area contributed by atoms with E-state index in [4.69, 9.17) is 4.74 Å². The average Bonchev–Trinajstić information content (AvgIpc) is 2.36. The molecule has 6 heteroatoms. The van der Waals surface area contributed by atoms with Crippen molar-refractivity contribution in [3.8, 4) is 0 Å². The first kappa shape index (κ1) is 16.9. The molecule has 2 N–H and O–H groups in total. The Morgan fingerprint density at radius 1 is 1.28 bits per heavy atom. The van der Waals surface area contributed by atoms with Gasteiger partial charge in [0.1, 0.15) is 0 Å². The van der Waals surface area contributed by atoms with Gasteiger partial charge in [0.25, 0.3) is 0 Å². The van der Waals surface area contributed by atoms with Crippen LogP contribution >= 0.6 is 0 Å². The summed E-state index contributed by atoms with van der Waals surface area (Å²) in [6.07, 6.45) is 1.51. The summed E-state index contributed by atoms with van der Waals surface area (Å²) in [5.41, 5.74) is 0. The summed E-state index contributed by atoms with van der Waals surface area (Å²) in [7, 11) is 3.07. The molecule has 2 unspecified atom stereocenters. The summed E-state index contributed by atoms with van der Waals surface area (Å²) in [4.78, 5) is 21.6. The predicted molar refractivity (Wildman–Crippen MR) is 66.0 cm³/mol. The Balaban J connectivity index is 3.76. The molecule has 0 bridgehead atoms. The van der Waals surface area contributed by atoms with E-state index in [9.17, 15) is 14.7 Å². The molecule has 18 heavy (non-hydrogen) atoms. The molecular formula is C12H23NO5. The number of aliphatic hydroxyl groups is 1. The molecule has 0 saturated heterocycles. The standard InChI is InChI=1S/C12H23NO5/c1-9(14)18-8-4-5-10(13-2)6-7-11(15)12(16)17-3/h10-11,13,15H,4-8H2,1-3H3. The van der Waals surface area contributed by atoms with Crippen molar-refractivity contribution in [3.05, 3.63) is 0 Å². The van der Waals surface area contributed by atoms with Crippen molar-refractivity contribution in [2.24, 2.45) is 0 Å². The molecule has 0 spiro atoms. The molecule has 0 radical (unpaired) electrons. The molecule has 0 aromatic rings. The van der Waals surface area contributed by atoms with Gasteiger partial charge in [-0.15, -0.1) is 0 Å². The molecule has 0 heterocycles. The van der Waals surface area contributed by atoms with Gasteiger partial charge in [0.15, 0.2) is 6.10 Å². The number of esters is 2. The monoisotopic (exact) mass is 261 g/mol. The Kier molecular flexibility index (Phi) is 9.22. The Hall–Kier alpha value is -1.14. The topological polar surface area (TPSA) is 84.9 Å². The average molecular weight is 261 g/mol. The van der Waals surface area contributed by atoms with Gasteiger partial charge < -0.3 is 19.9 Å². The fraction of sp³-hybridized carbons (Fsp3) is 0.833. The second kappa shape index (κ2) is 9.85. The van der Waals surface area contributed by atoms with Gasteiger partial charge in [0.05, 0.1) is 13.7 Å². The first-order valence-electron chi connectivity index (χ1n) is 6.07. The number of rotatable bonds is 9. The summed E-state index contributed by atoms with van der Waals surface area (Å²) in [5.74, 6) is -0.887. The van der Waals surface area contributed by atoms with E-state index >= 15 is 0 Å². The number of ether oxygens (including phenoxy) is 2. The minimum atomic E-state index is -1.07. The number of hydrogen-bond acceptors (Lipinski definition) is 6. The van der Waals surface area contributed by atoms with Crippen LogP contribution in [0, 0.1) is 0 Å². The first-order valence-corrected chi connectivity index (χ1v) is 6.07. The summed E-state index contributed by atoms with van der Waals surface area (Å²) in [6, 6.07) is 0.180. The number of carbonyl (C=O) groups excluding carboxylic acids is 2. The number of hydrogen-bond donors (Lipinski definition) is 2. The highest BCUT2D eigenvalue weighted by Crippen LogP contribution is 2.08. The van der Waals surface area contributed by atoms with Gasteiger partial charge in [-0.3, -0.25) is 4.79 Å². The van der Waals surface area contributed by atoms with E-state index in [0.29, 0.717) is 19.4 Å². The molecule has 0 rings (SSSR count). The van der Waals surface area contributed by atoms with Crippen LogP contribution in [0.15, 0.2) is 0 Å². The van der Waals surface area contributed by atoms with E-state index in [-0.39, 0.29) is 12.0 Å². The van der Waals surface area contributed by atoms with E-state index in [1.165, 1.54) is 14.0 Å². The second-order valence-corrected chi connectivity index (χ2v) is 4.08. The lowest BCUT2D eigenvalue weighted by molar-refractivity contribution is -0.150. The maximum Gasteiger partial charge on any atom is 0.334 e. The highest BCUT2D eigenvalue weighted by Gasteiger charge is 2.17. The van der Waals surface area contributed by atoms with Gasteiger partial charge in [-0.25, -0.2) is 4.79 Å². The molecule has 0 aliphatic carbocycles. The van der Waals surface area contributed by atoms with Gasteiger partial charge in [0.2, 0.25) is 0 Å². The first-order chi connectivity index (χ1) is 8.51. The fourth-order valence-electron chi connectivity index (χ4n) is 1.59. The maximum atomic E-state index is 11.0. The van der Waals surface area contributed by atoms with E-state index < -0.39 is 12.1 Å². The Morgan fingerprint density at radius 3 is 2.44 bits per heavy atom. The molecule has 2 atom stereocenters.